The van der Waals surface area contributed by atoms with Crippen LogP contribution in [0.1, 0.15) is 40.9 Å². The van der Waals surface area contributed by atoms with E-state index in [2.05, 4.69) is 41.2 Å². The van der Waals surface area contributed by atoms with Crippen LogP contribution < -0.4 is 10.2 Å². The molecule has 1 amide bonds. The minimum atomic E-state index is -0.147. The van der Waals surface area contributed by atoms with Gasteiger partial charge in [-0.3, -0.25) is 9.78 Å². The standard InChI is InChI=1S/C24H27N3O/c1-17(2)27(16-20-10-6-5-7-11-20)22-13-21(14-25-15-22)24(28)26-23-12-8-9-18(3)19(23)4/h5-15,17H,16H2,1-4H3,(H,26,28). The second kappa shape index (κ2) is 8.70. The highest BCUT2D eigenvalue weighted by Gasteiger charge is 2.15. The first-order valence-corrected chi connectivity index (χ1v) is 9.59. The molecule has 3 aromatic rings. The minimum Gasteiger partial charge on any atom is -0.364 e. The van der Waals surface area contributed by atoms with Crippen LogP contribution in [-0.4, -0.2) is 16.9 Å². The van der Waals surface area contributed by atoms with Gasteiger partial charge in [-0.25, -0.2) is 0 Å². The zero-order chi connectivity index (χ0) is 20.1. The van der Waals surface area contributed by atoms with Gasteiger partial charge >= 0.3 is 0 Å². The molecule has 0 saturated heterocycles. The number of rotatable bonds is 6. The van der Waals surface area contributed by atoms with E-state index in [4.69, 9.17) is 0 Å². The summed E-state index contributed by atoms with van der Waals surface area (Å²) in [4.78, 5) is 19.4. The lowest BCUT2D eigenvalue weighted by atomic mass is 10.1. The molecule has 0 aliphatic carbocycles. The number of hydrogen-bond donors (Lipinski definition) is 1. The average molecular weight is 374 g/mol. The summed E-state index contributed by atoms with van der Waals surface area (Å²) in [5, 5.41) is 3.01. The number of aromatic nitrogens is 1. The fourth-order valence-corrected chi connectivity index (χ4v) is 3.14. The van der Waals surface area contributed by atoms with Gasteiger partial charge in [0.05, 0.1) is 17.4 Å². The molecule has 0 bridgehead atoms. The number of hydrogen-bond acceptors (Lipinski definition) is 3. The fraction of sp³-hybridized carbons (Fsp3) is 0.250. The van der Waals surface area contributed by atoms with E-state index in [-0.39, 0.29) is 11.9 Å². The van der Waals surface area contributed by atoms with Gasteiger partial charge in [-0.2, -0.15) is 0 Å². The first-order valence-electron chi connectivity index (χ1n) is 9.59. The number of nitrogens with one attached hydrogen (secondary N) is 1. The Morgan fingerprint density at radius 2 is 1.79 bits per heavy atom. The molecule has 0 fully saturated rings. The molecule has 4 nitrogen and oxygen atoms in total. The molecule has 0 saturated carbocycles. The van der Waals surface area contributed by atoms with E-state index >= 15 is 0 Å². The van der Waals surface area contributed by atoms with Crippen LogP contribution >= 0.6 is 0 Å². The largest absolute Gasteiger partial charge is 0.364 e. The van der Waals surface area contributed by atoms with Gasteiger partial charge in [0.2, 0.25) is 0 Å². The average Bonchev–Trinajstić information content (AvgIpc) is 2.70. The van der Waals surface area contributed by atoms with Gasteiger partial charge in [-0.1, -0.05) is 42.5 Å². The topological polar surface area (TPSA) is 45.2 Å². The number of amides is 1. The molecule has 0 radical (unpaired) electrons. The predicted molar refractivity (Wildman–Crippen MR) is 116 cm³/mol. The normalized spacial score (nSPS) is 10.8. The Hall–Kier alpha value is -3.14. The number of carbonyl (C=O) groups is 1. The number of benzene rings is 2. The third-order valence-electron chi connectivity index (χ3n) is 4.99. The maximum Gasteiger partial charge on any atom is 0.257 e. The molecular weight excluding hydrogens is 346 g/mol. The third-order valence-corrected chi connectivity index (χ3v) is 4.99. The molecule has 28 heavy (non-hydrogen) atoms. The van der Waals surface area contributed by atoms with E-state index in [1.807, 2.05) is 62.5 Å². The lowest BCUT2D eigenvalue weighted by molar-refractivity contribution is 0.102. The van der Waals surface area contributed by atoms with Crippen LogP contribution in [0.5, 0.6) is 0 Å². The monoisotopic (exact) mass is 373 g/mol. The van der Waals surface area contributed by atoms with Gasteiger partial charge in [-0.15, -0.1) is 0 Å². The molecule has 0 atom stereocenters. The van der Waals surface area contributed by atoms with Crippen molar-refractivity contribution in [2.45, 2.75) is 40.3 Å². The second-order valence-corrected chi connectivity index (χ2v) is 7.34. The van der Waals surface area contributed by atoms with Crippen molar-refractivity contribution in [2.75, 3.05) is 10.2 Å². The van der Waals surface area contributed by atoms with E-state index in [1.165, 1.54) is 5.56 Å². The second-order valence-electron chi connectivity index (χ2n) is 7.34. The van der Waals surface area contributed by atoms with Crippen molar-refractivity contribution in [3.63, 3.8) is 0 Å². The quantitative estimate of drug-likeness (QED) is 0.632. The Morgan fingerprint density at radius 1 is 1.04 bits per heavy atom. The summed E-state index contributed by atoms with van der Waals surface area (Å²) < 4.78 is 0. The van der Waals surface area contributed by atoms with Crippen LogP contribution in [0.25, 0.3) is 0 Å². The first kappa shape index (κ1) is 19.6. The zero-order valence-corrected chi connectivity index (χ0v) is 16.9. The SMILES string of the molecule is Cc1cccc(NC(=O)c2cncc(N(Cc3ccccc3)C(C)C)c2)c1C. The van der Waals surface area contributed by atoms with Gasteiger partial charge in [0.15, 0.2) is 0 Å². The summed E-state index contributed by atoms with van der Waals surface area (Å²) >= 11 is 0. The van der Waals surface area contributed by atoms with E-state index < -0.39 is 0 Å². The van der Waals surface area contributed by atoms with E-state index in [0.717, 1.165) is 29.0 Å². The molecule has 3 rings (SSSR count). The van der Waals surface area contributed by atoms with Crippen molar-refractivity contribution in [3.05, 3.63) is 89.2 Å². The molecule has 1 heterocycles. The van der Waals surface area contributed by atoms with Crippen molar-refractivity contribution in [3.8, 4) is 0 Å². The Labute approximate surface area is 167 Å². The molecule has 2 aromatic carbocycles. The van der Waals surface area contributed by atoms with Crippen molar-refractivity contribution in [1.29, 1.82) is 0 Å². The Bertz CT molecular complexity index is 951. The van der Waals surface area contributed by atoms with Gasteiger partial charge in [0.25, 0.3) is 5.91 Å². The minimum absolute atomic E-state index is 0.147. The van der Waals surface area contributed by atoms with Crippen LogP contribution in [0, 0.1) is 13.8 Å². The summed E-state index contributed by atoms with van der Waals surface area (Å²) in [5.74, 6) is -0.147. The molecule has 0 aliphatic rings. The van der Waals surface area contributed by atoms with Crippen molar-refractivity contribution >= 4 is 17.3 Å². The Balaban J connectivity index is 1.83. The molecule has 1 N–H and O–H groups in total. The van der Waals surface area contributed by atoms with E-state index in [9.17, 15) is 4.79 Å². The summed E-state index contributed by atoms with van der Waals surface area (Å²) in [6, 6.07) is 18.4. The van der Waals surface area contributed by atoms with Crippen LogP contribution in [0.15, 0.2) is 67.0 Å². The Kier molecular flexibility index (Phi) is 6.09. The van der Waals surface area contributed by atoms with Crippen LogP contribution in [0.4, 0.5) is 11.4 Å². The summed E-state index contributed by atoms with van der Waals surface area (Å²) in [7, 11) is 0. The number of aryl methyl sites for hydroxylation is 1. The maximum absolute atomic E-state index is 12.8. The smallest absolute Gasteiger partial charge is 0.257 e. The van der Waals surface area contributed by atoms with E-state index in [1.54, 1.807) is 6.20 Å². The molecular formula is C24H27N3O. The Morgan fingerprint density at radius 3 is 2.50 bits per heavy atom. The number of pyridine rings is 1. The molecule has 0 spiro atoms. The lowest BCUT2D eigenvalue weighted by Crippen LogP contribution is -2.30. The molecule has 1 aromatic heterocycles. The zero-order valence-electron chi connectivity index (χ0n) is 16.9. The summed E-state index contributed by atoms with van der Waals surface area (Å²) in [5.41, 5.74) is 5.78. The van der Waals surface area contributed by atoms with Crippen molar-refractivity contribution in [1.82, 2.24) is 4.98 Å². The van der Waals surface area contributed by atoms with Crippen molar-refractivity contribution in [2.24, 2.45) is 0 Å². The predicted octanol–water partition coefficient (Wildman–Crippen LogP) is 5.37. The van der Waals surface area contributed by atoms with Crippen LogP contribution in [0.3, 0.4) is 0 Å². The third kappa shape index (κ3) is 4.58. The van der Waals surface area contributed by atoms with Crippen LogP contribution in [0.2, 0.25) is 0 Å². The number of anilines is 2. The summed E-state index contributed by atoms with van der Waals surface area (Å²) in [6.45, 7) is 9.11. The highest BCUT2D eigenvalue weighted by molar-refractivity contribution is 6.05. The van der Waals surface area contributed by atoms with Gasteiger partial charge in [0, 0.05) is 24.5 Å². The van der Waals surface area contributed by atoms with Crippen molar-refractivity contribution < 1.29 is 4.79 Å². The van der Waals surface area contributed by atoms with Gasteiger partial charge < -0.3 is 10.2 Å². The van der Waals surface area contributed by atoms with Crippen LogP contribution in [-0.2, 0) is 6.54 Å². The van der Waals surface area contributed by atoms with E-state index in [0.29, 0.717) is 5.56 Å². The summed E-state index contributed by atoms with van der Waals surface area (Å²) in [6.07, 6.45) is 3.43. The number of carbonyl (C=O) groups excluding carboxylic acids is 1. The van der Waals surface area contributed by atoms with Gasteiger partial charge in [0.1, 0.15) is 0 Å². The van der Waals surface area contributed by atoms with Gasteiger partial charge in [-0.05, 0) is 56.5 Å². The molecule has 144 valence electrons. The maximum atomic E-state index is 12.8. The lowest BCUT2D eigenvalue weighted by Gasteiger charge is -2.29. The molecule has 4 heteroatoms. The molecule has 0 unspecified atom stereocenters. The fourth-order valence-electron chi connectivity index (χ4n) is 3.14. The highest BCUT2D eigenvalue weighted by atomic mass is 16.1. The molecule has 0 aliphatic heterocycles. The first-order chi connectivity index (χ1) is 13.5. The number of nitrogens with zero attached hydrogens (tertiary/aromatic N) is 2. The highest BCUT2D eigenvalue weighted by Crippen LogP contribution is 2.22.